The molecule has 0 aliphatic carbocycles. The predicted molar refractivity (Wildman–Crippen MR) is 61.2 cm³/mol. The molecule has 1 saturated heterocycles. The van der Waals surface area contributed by atoms with Gasteiger partial charge in [0.2, 0.25) is 11.2 Å². The first-order valence-electron chi connectivity index (χ1n) is 5.19. The highest BCUT2D eigenvalue weighted by Gasteiger charge is 2.24. The number of carbonyl (C=O) groups is 1. The van der Waals surface area contributed by atoms with Gasteiger partial charge in [0, 0.05) is 19.3 Å². The molecule has 0 radical (unpaired) electrons. The predicted octanol–water partition coefficient (Wildman–Crippen LogP) is 0.832. The molecule has 1 aromatic heterocycles. The van der Waals surface area contributed by atoms with Crippen molar-refractivity contribution in [1.29, 1.82) is 0 Å². The minimum Gasteiger partial charge on any atom is -0.369 e. The number of hydrogen-bond acceptors (Lipinski definition) is 4. The number of anilines is 1. The van der Waals surface area contributed by atoms with E-state index in [9.17, 15) is 4.79 Å². The summed E-state index contributed by atoms with van der Waals surface area (Å²) in [5.41, 5.74) is 5.31. The summed E-state index contributed by atoms with van der Waals surface area (Å²) in [6.07, 6.45) is 3.40. The average Bonchev–Trinajstić information content (AvgIpc) is 2.29. The standard InChI is InChI=1S/C10H13ClN4O/c11-10-13-4-3-8(14-10)15-5-1-2-7(6-15)9(12)16/h3-4,7H,1-2,5-6H2,(H2,12,16). The topological polar surface area (TPSA) is 72.1 Å². The Morgan fingerprint density at radius 1 is 1.62 bits per heavy atom. The zero-order chi connectivity index (χ0) is 11.5. The molecule has 1 fully saturated rings. The third-order valence-electron chi connectivity index (χ3n) is 2.76. The van der Waals surface area contributed by atoms with Gasteiger partial charge in [-0.15, -0.1) is 0 Å². The Balaban J connectivity index is 2.12. The lowest BCUT2D eigenvalue weighted by molar-refractivity contribution is -0.122. The molecule has 1 unspecified atom stereocenters. The highest BCUT2D eigenvalue weighted by molar-refractivity contribution is 6.28. The summed E-state index contributed by atoms with van der Waals surface area (Å²) in [6, 6.07) is 1.79. The van der Waals surface area contributed by atoms with Gasteiger partial charge in [-0.1, -0.05) is 0 Å². The van der Waals surface area contributed by atoms with E-state index in [0.29, 0.717) is 6.54 Å². The third-order valence-corrected chi connectivity index (χ3v) is 2.94. The van der Waals surface area contributed by atoms with Crippen molar-refractivity contribution < 1.29 is 4.79 Å². The number of hydrogen-bond donors (Lipinski definition) is 1. The van der Waals surface area contributed by atoms with Gasteiger partial charge in [0.15, 0.2) is 0 Å². The minimum atomic E-state index is -0.246. The number of aromatic nitrogens is 2. The van der Waals surface area contributed by atoms with E-state index in [2.05, 4.69) is 9.97 Å². The van der Waals surface area contributed by atoms with Crippen LogP contribution in [0.4, 0.5) is 5.82 Å². The Morgan fingerprint density at radius 3 is 3.12 bits per heavy atom. The second-order valence-electron chi connectivity index (χ2n) is 3.87. The van der Waals surface area contributed by atoms with Crippen molar-refractivity contribution in [2.75, 3.05) is 18.0 Å². The van der Waals surface area contributed by atoms with Crippen molar-refractivity contribution in [1.82, 2.24) is 9.97 Å². The fourth-order valence-electron chi connectivity index (χ4n) is 1.92. The van der Waals surface area contributed by atoms with Crippen molar-refractivity contribution >= 4 is 23.3 Å². The van der Waals surface area contributed by atoms with Gasteiger partial charge in [-0.2, -0.15) is 0 Å². The Labute approximate surface area is 98.6 Å². The van der Waals surface area contributed by atoms with Crippen LogP contribution in [0, 0.1) is 5.92 Å². The fourth-order valence-corrected chi connectivity index (χ4v) is 2.06. The second kappa shape index (κ2) is 4.65. The molecule has 86 valence electrons. The normalized spacial score (nSPS) is 20.8. The Kier molecular flexibility index (Phi) is 3.24. The lowest BCUT2D eigenvalue weighted by Crippen LogP contribution is -2.41. The van der Waals surface area contributed by atoms with Crippen molar-refractivity contribution in [2.45, 2.75) is 12.8 Å². The fraction of sp³-hybridized carbons (Fsp3) is 0.500. The number of primary amides is 1. The second-order valence-corrected chi connectivity index (χ2v) is 4.21. The molecular weight excluding hydrogens is 228 g/mol. The molecule has 2 N–H and O–H groups in total. The van der Waals surface area contributed by atoms with Gasteiger partial charge in [0.05, 0.1) is 5.92 Å². The Morgan fingerprint density at radius 2 is 2.44 bits per heavy atom. The number of amides is 1. The van der Waals surface area contributed by atoms with Crippen LogP contribution < -0.4 is 10.6 Å². The summed E-state index contributed by atoms with van der Waals surface area (Å²) < 4.78 is 0. The molecule has 1 aliphatic heterocycles. The number of carbonyl (C=O) groups excluding carboxylic acids is 1. The van der Waals surface area contributed by atoms with E-state index in [1.54, 1.807) is 12.3 Å². The van der Waals surface area contributed by atoms with Gasteiger partial charge in [-0.25, -0.2) is 9.97 Å². The van der Waals surface area contributed by atoms with Crippen molar-refractivity contribution in [3.05, 3.63) is 17.5 Å². The van der Waals surface area contributed by atoms with Crippen molar-refractivity contribution in [2.24, 2.45) is 11.7 Å². The van der Waals surface area contributed by atoms with Crippen LogP contribution in [0.2, 0.25) is 5.28 Å². The maximum Gasteiger partial charge on any atom is 0.224 e. The lowest BCUT2D eigenvalue weighted by atomic mass is 9.97. The quantitative estimate of drug-likeness (QED) is 0.778. The molecule has 5 nitrogen and oxygen atoms in total. The van der Waals surface area contributed by atoms with Gasteiger partial charge in [-0.05, 0) is 30.5 Å². The summed E-state index contributed by atoms with van der Waals surface area (Å²) in [5, 5.41) is 0.221. The molecular formula is C10H13ClN4O. The monoisotopic (exact) mass is 240 g/mol. The zero-order valence-corrected chi connectivity index (χ0v) is 9.52. The molecule has 1 aromatic rings. The molecule has 6 heteroatoms. The minimum absolute atomic E-state index is 0.0949. The molecule has 1 aliphatic rings. The zero-order valence-electron chi connectivity index (χ0n) is 8.77. The highest BCUT2D eigenvalue weighted by Crippen LogP contribution is 2.21. The van der Waals surface area contributed by atoms with E-state index in [1.807, 2.05) is 4.90 Å². The van der Waals surface area contributed by atoms with Crippen LogP contribution >= 0.6 is 11.6 Å². The Hall–Kier alpha value is -1.36. The SMILES string of the molecule is NC(=O)C1CCCN(c2ccnc(Cl)n2)C1. The van der Waals surface area contributed by atoms with E-state index in [0.717, 1.165) is 25.2 Å². The summed E-state index contributed by atoms with van der Waals surface area (Å²) >= 11 is 5.72. The number of nitrogens with zero attached hydrogens (tertiary/aromatic N) is 3. The molecule has 2 heterocycles. The van der Waals surface area contributed by atoms with E-state index >= 15 is 0 Å². The van der Waals surface area contributed by atoms with Gasteiger partial charge < -0.3 is 10.6 Å². The molecule has 16 heavy (non-hydrogen) atoms. The third kappa shape index (κ3) is 2.41. The van der Waals surface area contributed by atoms with Crippen LogP contribution in [0.3, 0.4) is 0 Å². The molecule has 1 atom stereocenters. The lowest BCUT2D eigenvalue weighted by Gasteiger charge is -2.31. The molecule has 0 saturated carbocycles. The summed E-state index contributed by atoms with van der Waals surface area (Å²) in [5.74, 6) is 0.415. The maximum absolute atomic E-state index is 11.1. The van der Waals surface area contributed by atoms with Crippen LogP contribution in [0.15, 0.2) is 12.3 Å². The van der Waals surface area contributed by atoms with Crippen molar-refractivity contribution in [3.8, 4) is 0 Å². The Bertz CT molecular complexity index is 398. The van der Waals surface area contributed by atoms with E-state index in [4.69, 9.17) is 17.3 Å². The molecule has 1 amide bonds. The van der Waals surface area contributed by atoms with Crippen LogP contribution in [-0.4, -0.2) is 29.0 Å². The first kappa shape index (κ1) is 11.1. The number of halogens is 1. The smallest absolute Gasteiger partial charge is 0.224 e. The first-order chi connectivity index (χ1) is 7.66. The average molecular weight is 241 g/mol. The summed E-state index contributed by atoms with van der Waals surface area (Å²) in [7, 11) is 0. The molecule has 0 bridgehead atoms. The summed E-state index contributed by atoms with van der Waals surface area (Å²) in [6.45, 7) is 1.49. The molecule has 0 aromatic carbocycles. The van der Waals surface area contributed by atoms with Gasteiger partial charge >= 0.3 is 0 Å². The first-order valence-corrected chi connectivity index (χ1v) is 5.57. The summed E-state index contributed by atoms with van der Waals surface area (Å²) in [4.78, 5) is 21.1. The van der Waals surface area contributed by atoms with Crippen LogP contribution in [-0.2, 0) is 4.79 Å². The van der Waals surface area contributed by atoms with Crippen LogP contribution in [0.5, 0.6) is 0 Å². The largest absolute Gasteiger partial charge is 0.369 e. The van der Waals surface area contributed by atoms with Gasteiger partial charge in [-0.3, -0.25) is 4.79 Å². The van der Waals surface area contributed by atoms with Crippen LogP contribution in [0.1, 0.15) is 12.8 Å². The van der Waals surface area contributed by atoms with E-state index < -0.39 is 0 Å². The van der Waals surface area contributed by atoms with E-state index in [-0.39, 0.29) is 17.1 Å². The van der Waals surface area contributed by atoms with Gasteiger partial charge in [0.25, 0.3) is 0 Å². The number of rotatable bonds is 2. The highest BCUT2D eigenvalue weighted by atomic mass is 35.5. The number of piperidine rings is 1. The number of nitrogens with two attached hydrogens (primary N) is 1. The molecule has 2 rings (SSSR count). The van der Waals surface area contributed by atoms with E-state index in [1.165, 1.54) is 0 Å². The maximum atomic E-state index is 11.1. The molecule has 0 spiro atoms. The van der Waals surface area contributed by atoms with Gasteiger partial charge in [0.1, 0.15) is 5.82 Å². The van der Waals surface area contributed by atoms with Crippen molar-refractivity contribution in [3.63, 3.8) is 0 Å². The van der Waals surface area contributed by atoms with Crippen LogP contribution in [0.25, 0.3) is 0 Å².